The average molecular weight is 202 g/mol. The van der Waals surface area contributed by atoms with Gasteiger partial charge in [-0.25, -0.2) is 0 Å². The van der Waals surface area contributed by atoms with Crippen molar-refractivity contribution in [1.29, 1.82) is 0 Å². The molecule has 0 aromatic carbocycles. The highest BCUT2D eigenvalue weighted by Gasteiger charge is 2.29. The third-order valence-electron chi connectivity index (χ3n) is 2.49. The van der Waals surface area contributed by atoms with E-state index in [1.54, 1.807) is 6.92 Å². The number of carbonyl (C=O) groups is 1. The molecule has 1 saturated heterocycles. The zero-order valence-electron chi connectivity index (χ0n) is 8.78. The van der Waals surface area contributed by atoms with E-state index < -0.39 is 17.7 Å². The van der Waals surface area contributed by atoms with Crippen molar-refractivity contribution in [3.05, 3.63) is 0 Å². The molecule has 4 nitrogen and oxygen atoms in total. The van der Waals surface area contributed by atoms with Crippen LogP contribution in [0.2, 0.25) is 0 Å². The summed E-state index contributed by atoms with van der Waals surface area (Å²) in [7, 11) is 0. The largest absolute Gasteiger partial charge is 0.481 e. The summed E-state index contributed by atoms with van der Waals surface area (Å²) in [4.78, 5) is 10.6. The van der Waals surface area contributed by atoms with Gasteiger partial charge in [0.25, 0.3) is 0 Å². The van der Waals surface area contributed by atoms with Gasteiger partial charge in [0.1, 0.15) is 0 Å². The molecule has 0 aliphatic carbocycles. The van der Waals surface area contributed by atoms with Crippen LogP contribution in [-0.4, -0.2) is 30.1 Å². The van der Waals surface area contributed by atoms with E-state index in [1.165, 1.54) is 0 Å². The molecule has 0 saturated carbocycles. The lowest BCUT2D eigenvalue weighted by Crippen LogP contribution is -2.37. The van der Waals surface area contributed by atoms with Crippen LogP contribution in [0.25, 0.3) is 0 Å². The molecule has 1 aliphatic rings. The van der Waals surface area contributed by atoms with Crippen molar-refractivity contribution >= 4 is 5.97 Å². The Hall–Kier alpha value is -0.610. The normalized spacial score (nSPS) is 29.9. The van der Waals surface area contributed by atoms with E-state index in [9.17, 15) is 4.79 Å². The van der Waals surface area contributed by atoms with Crippen LogP contribution in [0, 0.1) is 5.92 Å². The monoisotopic (exact) mass is 202 g/mol. The Balaban J connectivity index is 2.31. The van der Waals surface area contributed by atoms with Crippen molar-refractivity contribution in [2.24, 2.45) is 5.92 Å². The Morgan fingerprint density at radius 3 is 2.86 bits per heavy atom. The molecule has 0 spiro atoms. The molecule has 0 aromatic rings. The summed E-state index contributed by atoms with van der Waals surface area (Å²) >= 11 is 0. The summed E-state index contributed by atoms with van der Waals surface area (Å²) in [6.45, 7) is 4.43. The number of ether oxygens (including phenoxy) is 2. The number of carboxylic acids is 1. The maximum absolute atomic E-state index is 10.6. The number of carboxylic acid groups (broad SMARTS) is 1. The Morgan fingerprint density at radius 1 is 1.64 bits per heavy atom. The molecule has 1 heterocycles. The van der Waals surface area contributed by atoms with Crippen molar-refractivity contribution in [3.8, 4) is 0 Å². The maximum atomic E-state index is 10.6. The highest BCUT2D eigenvalue weighted by atomic mass is 16.7. The Labute approximate surface area is 84.2 Å². The fraction of sp³-hybridized carbons (Fsp3) is 0.900. The van der Waals surface area contributed by atoms with Gasteiger partial charge >= 0.3 is 5.97 Å². The van der Waals surface area contributed by atoms with Gasteiger partial charge in [-0.3, -0.25) is 4.79 Å². The van der Waals surface area contributed by atoms with Gasteiger partial charge in [-0.15, -0.1) is 0 Å². The molecule has 1 aliphatic heterocycles. The van der Waals surface area contributed by atoms with E-state index >= 15 is 0 Å². The van der Waals surface area contributed by atoms with Crippen molar-refractivity contribution in [2.45, 2.75) is 38.9 Å². The van der Waals surface area contributed by atoms with Crippen molar-refractivity contribution < 1.29 is 19.4 Å². The number of hydrogen-bond donors (Lipinski definition) is 1. The Kier molecular flexibility index (Phi) is 3.89. The van der Waals surface area contributed by atoms with Gasteiger partial charge in [-0.1, -0.05) is 0 Å². The standard InChI is InChI=1S/C10H18O4/c1-8(9(11)12)7-14-10(2)5-3-4-6-13-10/h8H,3-7H2,1-2H3,(H,11,12). The smallest absolute Gasteiger partial charge is 0.308 e. The van der Waals surface area contributed by atoms with E-state index in [4.69, 9.17) is 14.6 Å². The Morgan fingerprint density at radius 2 is 2.36 bits per heavy atom. The first-order valence-electron chi connectivity index (χ1n) is 5.04. The number of hydrogen-bond acceptors (Lipinski definition) is 3. The highest BCUT2D eigenvalue weighted by Crippen LogP contribution is 2.26. The van der Waals surface area contributed by atoms with Crippen LogP contribution in [0.3, 0.4) is 0 Å². The second-order valence-electron chi connectivity index (χ2n) is 3.99. The molecule has 1 fully saturated rings. The SMILES string of the molecule is CC(COC1(C)CCCCO1)C(=O)O. The lowest BCUT2D eigenvalue weighted by atomic mass is 10.1. The first-order valence-corrected chi connectivity index (χ1v) is 5.04. The van der Waals surface area contributed by atoms with Crippen LogP contribution in [0.15, 0.2) is 0 Å². The van der Waals surface area contributed by atoms with Crippen molar-refractivity contribution in [3.63, 3.8) is 0 Å². The van der Waals surface area contributed by atoms with E-state index in [1.807, 2.05) is 6.92 Å². The average Bonchev–Trinajstić information content (AvgIpc) is 2.15. The summed E-state index contributed by atoms with van der Waals surface area (Å²) in [6, 6.07) is 0. The molecule has 14 heavy (non-hydrogen) atoms. The lowest BCUT2D eigenvalue weighted by molar-refractivity contribution is -0.248. The van der Waals surface area contributed by atoms with Crippen molar-refractivity contribution in [1.82, 2.24) is 0 Å². The molecule has 0 bridgehead atoms. The minimum atomic E-state index is -0.829. The van der Waals surface area contributed by atoms with Gasteiger partial charge in [0.2, 0.25) is 0 Å². The van der Waals surface area contributed by atoms with Crippen LogP contribution in [0.4, 0.5) is 0 Å². The summed E-state index contributed by atoms with van der Waals surface area (Å²) in [6.07, 6.45) is 2.99. The van der Waals surface area contributed by atoms with Gasteiger partial charge in [0.05, 0.1) is 19.1 Å². The summed E-state index contributed by atoms with van der Waals surface area (Å²) in [5.74, 6) is -1.87. The maximum Gasteiger partial charge on any atom is 0.308 e. The summed E-state index contributed by atoms with van der Waals surface area (Å²) in [5.41, 5.74) is 0. The number of rotatable bonds is 4. The summed E-state index contributed by atoms with van der Waals surface area (Å²) < 4.78 is 11.0. The van der Waals surface area contributed by atoms with E-state index in [0.717, 1.165) is 19.3 Å². The Bertz CT molecular complexity index is 196. The molecular weight excluding hydrogens is 184 g/mol. The zero-order chi connectivity index (χ0) is 10.6. The van der Waals surface area contributed by atoms with Crippen LogP contribution in [0.1, 0.15) is 33.1 Å². The van der Waals surface area contributed by atoms with Gasteiger partial charge in [0, 0.05) is 6.42 Å². The second-order valence-corrected chi connectivity index (χ2v) is 3.99. The van der Waals surface area contributed by atoms with E-state index in [-0.39, 0.29) is 6.61 Å². The van der Waals surface area contributed by atoms with E-state index in [2.05, 4.69) is 0 Å². The predicted octanol–water partition coefficient (Wildman–Crippen LogP) is 1.64. The fourth-order valence-corrected chi connectivity index (χ4v) is 1.39. The zero-order valence-corrected chi connectivity index (χ0v) is 8.78. The third-order valence-corrected chi connectivity index (χ3v) is 2.49. The molecule has 82 valence electrons. The van der Waals surface area contributed by atoms with Gasteiger partial charge < -0.3 is 14.6 Å². The molecule has 0 amide bonds. The molecule has 0 radical (unpaired) electrons. The number of aliphatic carboxylic acids is 1. The van der Waals surface area contributed by atoms with E-state index in [0.29, 0.717) is 6.61 Å². The van der Waals surface area contributed by atoms with Crippen LogP contribution < -0.4 is 0 Å². The lowest BCUT2D eigenvalue weighted by Gasteiger charge is -2.34. The molecule has 4 heteroatoms. The third kappa shape index (κ3) is 3.27. The van der Waals surface area contributed by atoms with Gasteiger partial charge in [-0.2, -0.15) is 0 Å². The second kappa shape index (κ2) is 4.75. The first kappa shape index (κ1) is 11.5. The van der Waals surface area contributed by atoms with Gasteiger partial charge in [0.15, 0.2) is 5.79 Å². The van der Waals surface area contributed by atoms with Crippen LogP contribution in [-0.2, 0) is 14.3 Å². The molecule has 2 unspecified atom stereocenters. The molecule has 1 rings (SSSR count). The van der Waals surface area contributed by atoms with Crippen LogP contribution in [0.5, 0.6) is 0 Å². The molecule has 1 N–H and O–H groups in total. The van der Waals surface area contributed by atoms with Gasteiger partial charge in [-0.05, 0) is 26.7 Å². The summed E-state index contributed by atoms with van der Waals surface area (Å²) in [5, 5.41) is 8.67. The molecule has 0 aromatic heterocycles. The first-order chi connectivity index (χ1) is 6.53. The van der Waals surface area contributed by atoms with Crippen LogP contribution >= 0.6 is 0 Å². The topological polar surface area (TPSA) is 55.8 Å². The minimum absolute atomic E-state index is 0.214. The predicted molar refractivity (Wildman–Crippen MR) is 51.0 cm³/mol. The quantitative estimate of drug-likeness (QED) is 0.753. The highest BCUT2D eigenvalue weighted by molar-refractivity contribution is 5.69. The van der Waals surface area contributed by atoms with Crippen molar-refractivity contribution in [2.75, 3.05) is 13.2 Å². The fourth-order valence-electron chi connectivity index (χ4n) is 1.39. The minimum Gasteiger partial charge on any atom is -0.481 e. The molecular formula is C10H18O4. The molecule has 2 atom stereocenters.